The number of aromatic nitrogens is 6. The van der Waals surface area contributed by atoms with Crippen LogP contribution < -0.4 is 5.32 Å². The van der Waals surface area contributed by atoms with Gasteiger partial charge in [-0.15, -0.1) is 15.3 Å². The van der Waals surface area contributed by atoms with Gasteiger partial charge in [0.25, 0.3) is 6.43 Å². The first-order valence-electron chi connectivity index (χ1n) is 7.51. The summed E-state index contributed by atoms with van der Waals surface area (Å²) < 4.78 is 28.8. The molecule has 0 saturated carbocycles. The third-order valence-electron chi connectivity index (χ3n) is 3.63. The van der Waals surface area contributed by atoms with Crippen LogP contribution in [0.25, 0.3) is 5.65 Å². The molecule has 3 aromatic heterocycles. The molecule has 0 amide bonds. The Kier molecular flexibility index (Phi) is 3.81. The van der Waals surface area contributed by atoms with Gasteiger partial charge in [0.05, 0.1) is 6.33 Å². The topological polar surface area (TPSA) is 72.9 Å². The van der Waals surface area contributed by atoms with Gasteiger partial charge in [0.15, 0.2) is 11.5 Å². The monoisotopic (exact) mass is 341 g/mol. The second kappa shape index (κ2) is 6.27. The lowest BCUT2D eigenvalue weighted by atomic mass is 10.2. The zero-order chi connectivity index (χ0) is 17.2. The SMILES string of the molecule is FC(F)c1nnc2ccc(Nc3ccc(Cn4ccnc4)cc3)nn12. The summed E-state index contributed by atoms with van der Waals surface area (Å²) in [5.74, 6) is -0.0501. The molecule has 0 fully saturated rings. The summed E-state index contributed by atoms with van der Waals surface area (Å²) in [5, 5.41) is 14.3. The Hall–Kier alpha value is -3.36. The Balaban J connectivity index is 1.53. The van der Waals surface area contributed by atoms with Crippen LogP contribution in [0.2, 0.25) is 0 Å². The average Bonchev–Trinajstić information content (AvgIpc) is 3.26. The van der Waals surface area contributed by atoms with E-state index in [1.807, 2.05) is 35.0 Å². The molecule has 1 aromatic carbocycles. The van der Waals surface area contributed by atoms with Gasteiger partial charge >= 0.3 is 0 Å². The number of nitrogens with zero attached hydrogens (tertiary/aromatic N) is 6. The molecule has 7 nitrogen and oxygen atoms in total. The van der Waals surface area contributed by atoms with E-state index in [1.54, 1.807) is 24.7 Å². The second-order valence-electron chi connectivity index (χ2n) is 5.40. The average molecular weight is 341 g/mol. The number of nitrogens with one attached hydrogen (secondary N) is 1. The van der Waals surface area contributed by atoms with Crippen molar-refractivity contribution in [1.29, 1.82) is 0 Å². The fourth-order valence-electron chi connectivity index (χ4n) is 2.44. The molecule has 0 atom stereocenters. The van der Waals surface area contributed by atoms with Gasteiger partial charge in [0.2, 0.25) is 5.82 Å². The maximum atomic E-state index is 12.9. The fraction of sp³-hybridized carbons (Fsp3) is 0.125. The minimum absolute atomic E-state index is 0.275. The van der Waals surface area contributed by atoms with E-state index in [0.717, 1.165) is 22.3 Å². The number of anilines is 2. The largest absolute Gasteiger partial charge is 0.339 e. The zero-order valence-electron chi connectivity index (χ0n) is 12.9. The summed E-state index contributed by atoms with van der Waals surface area (Å²) in [7, 11) is 0. The van der Waals surface area contributed by atoms with E-state index < -0.39 is 12.2 Å². The van der Waals surface area contributed by atoms with Crippen molar-refractivity contribution >= 4 is 17.2 Å². The molecule has 9 heteroatoms. The van der Waals surface area contributed by atoms with Crippen LogP contribution in [0.3, 0.4) is 0 Å². The van der Waals surface area contributed by atoms with Crippen molar-refractivity contribution in [3.8, 4) is 0 Å². The number of hydrogen-bond acceptors (Lipinski definition) is 5. The Labute approximate surface area is 141 Å². The number of rotatable bonds is 5. The van der Waals surface area contributed by atoms with E-state index in [1.165, 1.54) is 0 Å². The van der Waals surface area contributed by atoms with Crippen molar-refractivity contribution in [3.63, 3.8) is 0 Å². The predicted octanol–water partition coefficient (Wildman–Crippen LogP) is 3.05. The maximum absolute atomic E-state index is 12.9. The third kappa shape index (κ3) is 3.16. The number of alkyl halides is 2. The lowest BCUT2D eigenvalue weighted by Crippen LogP contribution is -2.03. The Bertz CT molecular complexity index is 978. The second-order valence-corrected chi connectivity index (χ2v) is 5.40. The summed E-state index contributed by atoms with van der Waals surface area (Å²) in [6.45, 7) is 0.725. The van der Waals surface area contributed by atoms with E-state index in [0.29, 0.717) is 5.82 Å². The normalized spacial score (nSPS) is 11.3. The standard InChI is InChI=1S/C16H13F2N7/c17-15(18)16-22-21-14-6-5-13(23-25(14)16)20-12-3-1-11(2-4-12)9-24-8-7-19-10-24/h1-8,10,15H,9H2,(H,20,23). The van der Waals surface area contributed by atoms with Gasteiger partial charge in [0, 0.05) is 24.6 Å². The lowest BCUT2D eigenvalue weighted by Gasteiger charge is -2.08. The first kappa shape index (κ1) is 15.2. The van der Waals surface area contributed by atoms with Crippen molar-refractivity contribution in [3.05, 3.63) is 66.5 Å². The lowest BCUT2D eigenvalue weighted by molar-refractivity contribution is 0.137. The highest BCUT2D eigenvalue weighted by Crippen LogP contribution is 2.19. The molecule has 0 aliphatic heterocycles. The van der Waals surface area contributed by atoms with E-state index >= 15 is 0 Å². The Morgan fingerprint density at radius 3 is 2.60 bits per heavy atom. The molecule has 0 radical (unpaired) electrons. The molecule has 4 aromatic rings. The number of benzene rings is 1. The van der Waals surface area contributed by atoms with Gasteiger partial charge in [-0.1, -0.05) is 12.1 Å². The highest BCUT2D eigenvalue weighted by atomic mass is 19.3. The van der Waals surface area contributed by atoms with Crippen LogP contribution in [0.1, 0.15) is 17.8 Å². The molecule has 4 rings (SSSR count). The molecule has 0 saturated heterocycles. The van der Waals surface area contributed by atoms with Gasteiger partial charge in [-0.2, -0.15) is 4.52 Å². The fourth-order valence-corrected chi connectivity index (χ4v) is 2.44. The van der Waals surface area contributed by atoms with Crippen LogP contribution in [-0.4, -0.2) is 29.4 Å². The summed E-state index contributed by atoms with van der Waals surface area (Å²) in [6, 6.07) is 11.0. The van der Waals surface area contributed by atoms with Crippen molar-refractivity contribution in [2.24, 2.45) is 0 Å². The molecule has 0 spiro atoms. The maximum Gasteiger partial charge on any atom is 0.299 e. The van der Waals surface area contributed by atoms with Gasteiger partial charge in [0.1, 0.15) is 0 Å². The van der Waals surface area contributed by atoms with E-state index in [-0.39, 0.29) is 5.65 Å². The van der Waals surface area contributed by atoms with Crippen LogP contribution in [0, 0.1) is 0 Å². The smallest absolute Gasteiger partial charge is 0.299 e. The molecule has 0 unspecified atom stereocenters. The molecule has 126 valence electrons. The minimum atomic E-state index is -2.74. The Morgan fingerprint density at radius 2 is 1.88 bits per heavy atom. The quantitative estimate of drug-likeness (QED) is 0.604. The van der Waals surface area contributed by atoms with Crippen LogP contribution >= 0.6 is 0 Å². The summed E-state index contributed by atoms with van der Waals surface area (Å²) in [5.41, 5.74) is 2.19. The summed E-state index contributed by atoms with van der Waals surface area (Å²) in [4.78, 5) is 4.01. The molecule has 3 heterocycles. The summed E-state index contributed by atoms with van der Waals surface area (Å²) >= 11 is 0. The van der Waals surface area contributed by atoms with Gasteiger partial charge in [-0.25, -0.2) is 13.8 Å². The van der Waals surface area contributed by atoms with Crippen molar-refractivity contribution in [2.45, 2.75) is 13.0 Å². The molecular weight excluding hydrogens is 328 g/mol. The molecule has 1 N–H and O–H groups in total. The van der Waals surface area contributed by atoms with Crippen molar-refractivity contribution in [2.75, 3.05) is 5.32 Å². The third-order valence-corrected chi connectivity index (χ3v) is 3.63. The first-order valence-corrected chi connectivity index (χ1v) is 7.51. The van der Waals surface area contributed by atoms with E-state index in [2.05, 4.69) is 25.6 Å². The van der Waals surface area contributed by atoms with Crippen LogP contribution in [0.15, 0.2) is 55.1 Å². The van der Waals surface area contributed by atoms with Gasteiger partial charge in [-0.05, 0) is 29.8 Å². The van der Waals surface area contributed by atoms with Crippen LogP contribution in [-0.2, 0) is 6.54 Å². The van der Waals surface area contributed by atoms with Crippen LogP contribution in [0.5, 0.6) is 0 Å². The first-order chi connectivity index (χ1) is 12.2. The van der Waals surface area contributed by atoms with E-state index in [4.69, 9.17) is 0 Å². The van der Waals surface area contributed by atoms with Gasteiger partial charge in [-0.3, -0.25) is 0 Å². The molecule has 25 heavy (non-hydrogen) atoms. The molecular formula is C16H13F2N7. The molecule has 0 aliphatic carbocycles. The number of imidazole rings is 1. The Morgan fingerprint density at radius 1 is 1.04 bits per heavy atom. The van der Waals surface area contributed by atoms with Crippen molar-refractivity contribution < 1.29 is 8.78 Å². The highest BCUT2D eigenvalue weighted by Gasteiger charge is 2.16. The van der Waals surface area contributed by atoms with E-state index in [9.17, 15) is 8.78 Å². The van der Waals surface area contributed by atoms with Gasteiger partial charge < -0.3 is 9.88 Å². The van der Waals surface area contributed by atoms with Crippen molar-refractivity contribution in [1.82, 2.24) is 29.4 Å². The predicted molar refractivity (Wildman–Crippen MR) is 86.8 cm³/mol. The number of halogens is 2. The minimum Gasteiger partial charge on any atom is -0.339 e. The highest BCUT2D eigenvalue weighted by molar-refractivity contribution is 5.57. The van der Waals surface area contributed by atoms with Crippen LogP contribution in [0.4, 0.5) is 20.3 Å². The molecule has 0 aliphatic rings. The summed E-state index contributed by atoms with van der Waals surface area (Å²) in [6.07, 6.45) is 2.65. The molecule has 0 bridgehead atoms. The number of hydrogen-bond donors (Lipinski definition) is 1. The zero-order valence-corrected chi connectivity index (χ0v) is 12.9. The number of fused-ring (bicyclic) bond motifs is 1.